The van der Waals surface area contributed by atoms with Crippen molar-refractivity contribution in [3.8, 4) is 11.8 Å². The van der Waals surface area contributed by atoms with E-state index in [1.54, 1.807) is 7.11 Å². The lowest BCUT2D eigenvalue weighted by molar-refractivity contribution is 0.414. The lowest BCUT2D eigenvalue weighted by Gasteiger charge is -2.29. The number of hydrogen-bond acceptors (Lipinski definition) is 2. The van der Waals surface area contributed by atoms with Crippen molar-refractivity contribution in [2.24, 2.45) is 0 Å². The van der Waals surface area contributed by atoms with Crippen LogP contribution in [0.5, 0.6) is 5.75 Å². The Morgan fingerprint density at radius 3 is 1.75 bits per heavy atom. The number of hydrogen-bond donors (Lipinski definition) is 0. The zero-order valence-electron chi connectivity index (χ0n) is 13.9. The van der Waals surface area contributed by atoms with Gasteiger partial charge in [0.05, 0.1) is 13.2 Å². The normalized spacial score (nSPS) is 12.9. The Morgan fingerprint density at radius 2 is 1.25 bits per heavy atom. The van der Waals surface area contributed by atoms with Gasteiger partial charge in [-0.15, -0.1) is 0 Å². The van der Waals surface area contributed by atoms with E-state index in [0.717, 1.165) is 22.4 Å². The fourth-order valence-corrected chi connectivity index (χ4v) is 3.03. The predicted octanol–water partition coefficient (Wildman–Crippen LogP) is 4.86. The van der Waals surface area contributed by atoms with Crippen LogP contribution >= 0.6 is 0 Å². The highest BCUT2D eigenvalue weighted by Gasteiger charge is 2.36. The Hall–Kier alpha value is -3.05. The highest BCUT2D eigenvalue weighted by atomic mass is 16.5. The van der Waals surface area contributed by atoms with E-state index in [9.17, 15) is 5.26 Å². The standard InChI is InChI=1S/C22H19NO/c1-17-8-10-19(11-9-17)22(16-23,18-6-4-3-5-7-18)20-12-14-21(24-2)15-13-20/h3-15H,1-2H3. The average Bonchev–Trinajstić information content (AvgIpc) is 2.65. The molecule has 24 heavy (non-hydrogen) atoms. The third-order valence-corrected chi connectivity index (χ3v) is 4.38. The van der Waals surface area contributed by atoms with Crippen molar-refractivity contribution in [2.75, 3.05) is 7.11 Å². The fourth-order valence-electron chi connectivity index (χ4n) is 3.03. The van der Waals surface area contributed by atoms with Gasteiger partial charge in [-0.3, -0.25) is 0 Å². The Bertz CT molecular complexity index is 845. The smallest absolute Gasteiger partial charge is 0.132 e. The molecule has 0 aliphatic rings. The summed E-state index contributed by atoms with van der Waals surface area (Å²) in [5, 5.41) is 10.3. The molecule has 0 spiro atoms. The van der Waals surface area contributed by atoms with E-state index in [4.69, 9.17) is 4.74 Å². The molecule has 0 saturated heterocycles. The van der Waals surface area contributed by atoms with E-state index in [-0.39, 0.29) is 0 Å². The SMILES string of the molecule is COc1ccc(C(C#N)(c2ccccc2)c2ccc(C)cc2)cc1. The van der Waals surface area contributed by atoms with Crippen LogP contribution in [0.4, 0.5) is 0 Å². The van der Waals surface area contributed by atoms with Crippen LogP contribution in [0.15, 0.2) is 78.9 Å². The minimum Gasteiger partial charge on any atom is -0.497 e. The molecule has 2 heteroatoms. The number of nitrogens with zero attached hydrogens (tertiary/aromatic N) is 1. The van der Waals surface area contributed by atoms with E-state index in [2.05, 4.69) is 6.07 Å². The summed E-state index contributed by atoms with van der Waals surface area (Å²) < 4.78 is 5.26. The number of aryl methyl sites for hydroxylation is 1. The first-order chi connectivity index (χ1) is 11.7. The van der Waals surface area contributed by atoms with Gasteiger partial charge in [0.25, 0.3) is 0 Å². The molecular weight excluding hydrogens is 294 g/mol. The lowest BCUT2D eigenvalue weighted by atomic mass is 9.70. The van der Waals surface area contributed by atoms with Crippen LogP contribution in [0.1, 0.15) is 22.3 Å². The van der Waals surface area contributed by atoms with Gasteiger partial charge in [0.1, 0.15) is 11.2 Å². The molecule has 3 rings (SSSR count). The Kier molecular flexibility index (Phi) is 4.35. The van der Waals surface area contributed by atoms with Gasteiger partial charge in [-0.25, -0.2) is 0 Å². The van der Waals surface area contributed by atoms with Crippen LogP contribution < -0.4 is 4.74 Å². The summed E-state index contributed by atoms with van der Waals surface area (Å²) in [6, 6.07) is 28.4. The molecule has 0 radical (unpaired) electrons. The third kappa shape index (κ3) is 2.66. The molecule has 0 aromatic heterocycles. The maximum absolute atomic E-state index is 10.3. The maximum Gasteiger partial charge on any atom is 0.132 e. The minimum absolute atomic E-state index is 0.780. The number of ether oxygens (including phenoxy) is 1. The van der Waals surface area contributed by atoms with Gasteiger partial charge in [-0.05, 0) is 35.7 Å². The van der Waals surface area contributed by atoms with Gasteiger partial charge in [0, 0.05) is 0 Å². The molecule has 0 aliphatic carbocycles. The number of benzene rings is 3. The van der Waals surface area contributed by atoms with E-state index < -0.39 is 5.41 Å². The quantitative estimate of drug-likeness (QED) is 0.644. The summed E-state index contributed by atoms with van der Waals surface area (Å²) in [7, 11) is 1.64. The lowest BCUT2D eigenvalue weighted by Crippen LogP contribution is -2.27. The molecule has 3 aromatic carbocycles. The second-order valence-corrected chi connectivity index (χ2v) is 5.82. The number of methoxy groups -OCH3 is 1. The van der Waals surface area contributed by atoms with E-state index in [1.165, 1.54) is 5.56 Å². The van der Waals surface area contributed by atoms with Crippen molar-refractivity contribution in [1.29, 1.82) is 5.26 Å². The molecule has 0 aliphatic heterocycles. The van der Waals surface area contributed by atoms with Crippen LogP contribution in [0.3, 0.4) is 0 Å². The Balaban J connectivity index is 2.27. The molecule has 0 heterocycles. The summed E-state index contributed by atoms with van der Waals surface area (Å²) in [6.07, 6.45) is 0. The fraction of sp³-hybridized carbons (Fsp3) is 0.136. The topological polar surface area (TPSA) is 33.0 Å². The van der Waals surface area contributed by atoms with E-state index in [0.29, 0.717) is 0 Å². The van der Waals surface area contributed by atoms with E-state index >= 15 is 0 Å². The van der Waals surface area contributed by atoms with Crippen LogP contribution in [0.2, 0.25) is 0 Å². The number of rotatable bonds is 4. The molecule has 0 fully saturated rings. The highest BCUT2D eigenvalue weighted by Crippen LogP contribution is 2.39. The van der Waals surface area contributed by atoms with Gasteiger partial charge >= 0.3 is 0 Å². The third-order valence-electron chi connectivity index (χ3n) is 4.38. The van der Waals surface area contributed by atoms with Gasteiger partial charge in [-0.2, -0.15) is 5.26 Å². The zero-order chi connectivity index (χ0) is 17.0. The first kappa shape index (κ1) is 15.8. The highest BCUT2D eigenvalue weighted by molar-refractivity contribution is 5.57. The van der Waals surface area contributed by atoms with Crippen LogP contribution in [-0.2, 0) is 5.41 Å². The molecule has 0 amide bonds. The van der Waals surface area contributed by atoms with Crippen molar-refractivity contribution in [3.63, 3.8) is 0 Å². The predicted molar refractivity (Wildman–Crippen MR) is 96.1 cm³/mol. The van der Waals surface area contributed by atoms with Crippen molar-refractivity contribution in [2.45, 2.75) is 12.3 Å². The monoisotopic (exact) mass is 313 g/mol. The maximum atomic E-state index is 10.3. The summed E-state index contributed by atoms with van der Waals surface area (Å²) >= 11 is 0. The molecule has 2 nitrogen and oxygen atoms in total. The molecule has 0 saturated carbocycles. The van der Waals surface area contributed by atoms with Crippen molar-refractivity contribution in [1.82, 2.24) is 0 Å². The Morgan fingerprint density at radius 1 is 0.750 bits per heavy atom. The largest absolute Gasteiger partial charge is 0.497 e. The van der Waals surface area contributed by atoms with E-state index in [1.807, 2.05) is 85.8 Å². The second-order valence-electron chi connectivity index (χ2n) is 5.82. The summed E-state index contributed by atoms with van der Waals surface area (Å²) in [5.41, 5.74) is 3.18. The average molecular weight is 313 g/mol. The first-order valence-corrected chi connectivity index (χ1v) is 7.89. The van der Waals surface area contributed by atoms with Gasteiger partial charge < -0.3 is 4.74 Å². The van der Waals surface area contributed by atoms with Gasteiger partial charge in [0.15, 0.2) is 0 Å². The summed E-state index contributed by atoms with van der Waals surface area (Å²) in [4.78, 5) is 0. The van der Waals surface area contributed by atoms with Gasteiger partial charge in [-0.1, -0.05) is 72.3 Å². The summed E-state index contributed by atoms with van der Waals surface area (Å²) in [6.45, 7) is 2.05. The summed E-state index contributed by atoms with van der Waals surface area (Å²) in [5.74, 6) is 0.780. The number of nitriles is 1. The zero-order valence-corrected chi connectivity index (χ0v) is 13.9. The molecule has 0 bridgehead atoms. The Labute approximate surface area is 143 Å². The molecule has 118 valence electrons. The molecule has 1 atom stereocenters. The van der Waals surface area contributed by atoms with Crippen LogP contribution in [0.25, 0.3) is 0 Å². The second kappa shape index (κ2) is 6.60. The van der Waals surface area contributed by atoms with Gasteiger partial charge in [0.2, 0.25) is 0 Å². The minimum atomic E-state index is -0.846. The molecular formula is C22H19NO. The molecule has 3 aromatic rings. The molecule has 0 N–H and O–H groups in total. The van der Waals surface area contributed by atoms with Crippen LogP contribution in [0, 0.1) is 18.3 Å². The molecule has 1 unspecified atom stereocenters. The van der Waals surface area contributed by atoms with Crippen molar-refractivity contribution < 1.29 is 4.74 Å². The van der Waals surface area contributed by atoms with Crippen molar-refractivity contribution in [3.05, 3.63) is 101 Å². The van der Waals surface area contributed by atoms with Crippen molar-refractivity contribution >= 4 is 0 Å². The van der Waals surface area contributed by atoms with Crippen LogP contribution in [-0.4, -0.2) is 7.11 Å². The first-order valence-electron chi connectivity index (χ1n) is 7.89.